The molecule has 1 amide bonds. The Bertz CT molecular complexity index is 445. The summed E-state index contributed by atoms with van der Waals surface area (Å²) >= 11 is 0. The molecule has 1 atom stereocenters. The van der Waals surface area contributed by atoms with Crippen LogP contribution in [0.4, 0.5) is 5.95 Å². The monoisotopic (exact) mass is 248 g/mol. The highest BCUT2D eigenvalue weighted by molar-refractivity contribution is 5.76. The number of nitrogens with zero attached hydrogens (tertiary/aromatic N) is 3. The van der Waals surface area contributed by atoms with Gasteiger partial charge in [-0.05, 0) is 19.3 Å². The van der Waals surface area contributed by atoms with E-state index in [0.29, 0.717) is 6.42 Å². The van der Waals surface area contributed by atoms with Crippen LogP contribution in [-0.4, -0.2) is 30.0 Å². The van der Waals surface area contributed by atoms with Gasteiger partial charge in [-0.25, -0.2) is 9.97 Å². The molecule has 0 fully saturated rings. The number of aromatic nitrogens is 2. The largest absolute Gasteiger partial charge is 0.349 e. The zero-order valence-corrected chi connectivity index (χ0v) is 11.2. The zero-order chi connectivity index (χ0) is 13.1. The summed E-state index contributed by atoms with van der Waals surface area (Å²) in [6, 6.07) is 0.0809. The van der Waals surface area contributed by atoms with Crippen LogP contribution >= 0.6 is 0 Å². The summed E-state index contributed by atoms with van der Waals surface area (Å²) in [6.45, 7) is 1.87. The van der Waals surface area contributed by atoms with E-state index < -0.39 is 0 Å². The van der Waals surface area contributed by atoms with Crippen molar-refractivity contribution in [2.24, 2.45) is 0 Å². The second-order valence-electron chi connectivity index (χ2n) is 4.83. The van der Waals surface area contributed by atoms with E-state index in [-0.39, 0.29) is 11.9 Å². The minimum Gasteiger partial charge on any atom is -0.349 e. The summed E-state index contributed by atoms with van der Waals surface area (Å²) in [7, 11) is 3.86. The summed E-state index contributed by atoms with van der Waals surface area (Å²) in [6.07, 6.45) is 5.38. The molecule has 1 N–H and O–H groups in total. The third-order valence-corrected chi connectivity index (χ3v) is 3.23. The molecule has 18 heavy (non-hydrogen) atoms. The maximum atomic E-state index is 11.5. The van der Waals surface area contributed by atoms with Gasteiger partial charge in [0.1, 0.15) is 0 Å². The third kappa shape index (κ3) is 2.60. The first-order valence-electron chi connectivity index (χ1n) is 6.44. The first-order valence-corrected chi connectivity index (χ1v) is 6.44. The minimum absolute atomic E-state index is 0.0809. The van der Waals surface area contributed by atoms with Gasteiger partial charge < -0.3 is 10.2 Å². The molecular formula is C13H20N4O. The van der Waals surface area contributed by atoms with Crippen LogP contribution in [0.5, 0.6) is 0 Å². The van der Waals surface area contributed by atoms with Gasteiger partial charge in [0.25, 0.3) is 0 Å². The number of anilines is 1. The maximum absolute atomic E-state index is 11.5. The summed E-state index contributed by atoms with van der Waals surface area (Å²) in [5.74, 6) is 0.820. The molecule has 1 aromatic heterocycles. The second kappa shape index (κ2) is 5.33. The predicted octanol–water partition coefficient (Wildman–Crippen LogP) is 1.45. The van der Waals surface area contributed by atoms with Crippen molar-refractivity contribution < 1.29 is 4.79 Å². The quantitative estimate of drug-likeness (QED) is 0.879. The fraction of sp³-hybridized carbons (Fsp3) is 0.615. The van der Waals surface area contributed by atoms with Crippen LogP contribution in [0.15, 0.2) is 6.20 Å². The van der Waals surface area contributed by atoms with E-state index >= 15 is 0 Å². The Balaban J connectivity index is 2.24. The number of nitrogens with one attached hydrogen (secondary N) is 1. The van der Waals surface area contributed by atoms with Gasteiger partial charge in [0.15, 0.2) is 0 Å². The van der Waals surface area contributed by atoms with Crippen LogP contribution in [0.1, 0.15) is 43.5 Å². The van der Waals surface area contributed by atoms with E-state index in [0.717, 1.165) is 36.5 Å². The smallest absolute Gasteiger partial charge is 0.225 e. The van der Waals surface area contributed by atoms with Gasteiger partial charge in [0.2, 0.25) is 11.9 Å². The van der Waals surface area contributed by atoms with E-state index in [1.807, 2.05) is 32.1 Å². The van der Waals surface area contributed by atoms with Crippen LogP contribution in [0, 0.1) is 0 Å². The number of amides is 1. The molecule has 1 aromatic rings. The standard InChI is InChI=1S/C13H20N4O/c1-4-12(18)15-10-6-5-7-11-9(10)8-14-13(16-11)17(2)3/h8,10H,4-7H2,1-3H3,(H,15,18)/t10-/m1/s1. The molecule has 0 radical (unpaired) electrons. The first kappa shape index (κ1) is 12.8. The van der Waals surface area contributed by atoms with Gasteiger partial charge in [-0.1, -0.05) is 6.92 Å². The molecule has 0 aliphatic heterocycles. The molecule has 98 valence electrons. The number of carbonyl (C=O) groups excluding carboxylic acids is 1. The minimum atomic E-state index is 0.0809. The van der Waals surface area contributed by atoms with Crippen molar-refractivity contribution in [3.05, 3.63) is 17.5 Å². The van der Waals surface area contributed by atoms with Crippen molar-refractivity contribution in [1.29, 1.82) is 0 Å². The van der Waals surface area contributed by atoms with Gasteiger partial charge in [-0.2, -0.15) is 0 Å². The molecule has 5 heteroatoms. The Morgan fingerprint density at radius 2 is 2.33 bits per heavy atom. The molecule has 1 heterocycles. The van der Waals surface area contributed by atoms with E-state index in [1.54, 1.807) is 0 Å². The van der Waals surface area contributed by atoms with Crippen LogP contribution < -0.4 is 10.2 Å². The lowest BCUT2D eigenvalue weighted by atomic mass is 9.92. The van der Waals surface area contributed by atoms with Gasteiger partial charge >= 0.3 is 0 Å². The second-order valence-corrected chi connectivity index (χ2v) is 4.83. The Morgan fingerprint density at radius 3 is 3.00 bits per heavy atom. The highest BCUT2D eigenvalue weighted by Crippen LogP contribution is 2.28. The van der Waals surface area contributed by atoms with Crippen molar-refractivity contribution in [2.75, 3.05) is 19.0 Å². The fourth-order valence-corrected chi connectivity index (χ4v) is 2.20. The Hall–Kier alpha value is -1.65. The third-order valence-electron chi connectivity index (χ3n) is 3.23. The van der Waals surface area contributed by atoms with Crippen molar-refractivity contribution in [2.45, 2.75) is 38.6 Å². The van der Waals surface area contributed by atoms with E-state index in [1.165, 1.54) is 0 Å². The molecule has 2 rings (SSSR count). The highest BCUT2D eigenvalue weighted by atomic mass is 16.1. The molecule has 0 unspecified atom stereocenters. The SMILES string of the molecule is CCC(=O)N[C@@H]1CCCc2nc(N(C)C)ncc21. The molecule has 0 saturated heterocycles. The predicted molar refractivity (Wildman–Crippen MR) is 70.5 cm³/mol. The van der Waals surface area contributed by atoms with Crippen LogP contribution in [-0.2, 0) is 11.2 Å². The van der Waals surface area contributed by atoms with Crippen molar-refractivity contribution in [1.82, 2.24) is 15.3 Å². The van der Waals surface area contributed by atoms with Crippen molar-refractivity contribution >= 4 is 11.9 Å². The highest BCUT2D eigenvalue weighted by Gasteiger charge is 2.23. The summed E-state index contributed by atoms with van der Waals surface area (Å²) in [5.41, 5.74) is 2.15. The molecule has 0 spiro atoms. The molecule has 0 bridgehead atoms. The van der Waals surface area contributed by atoms with Crippen molar-refractivity contribution in [3.8, 4) is 0 Å². The molecule has 5 nitrogen and oxygen atoms in total. The topological polar surface area (TPSA) is 58.1 Å². The van der Waals surface area contributed by atoms with E-state index in [9.17, 15) is 4.79 Å². The number of carbonyl (C=O) groups is 1. The molecule has 0 saturated carbocycles. The van der Waals surface area contributed by atoms with Crippen molar-refractivity contribution in [3.63, 3.8) is 0 Å². The number of fused-ring (bicyclic) bond motifs is 1. The van der Waals surface area contributed by atoms with E-state index in [4.69, 9.17) is 0 Å². The number of hydrogen-bond donors (Lipinski definition) is 1. The Morgan fingerprint density at radius 1 is 1.56 bits per heavy atom. The molecule has 0 aromatic carbocycles. The number of hydrogen-bond acceptors (Lipinski definition) is 4. The summed E-state index contributed by atoms with van der Waals surface area (Å²) < 4.78 is 0. The van der Waals surface area contributed by atoms with E-state index in [2.05, 4.69) is 15.3 Å². The lowest BCUT2D eigenvalue weighted by Crippen LogP contribution is -2.31. The lowest BCUT2D eigenvalue weighted by Gasteiger charge is -2.26. The molecule has 1 aliphatic carbocycles. The average Bonchev–Trinajstić information content (AvgIpc) is 2.38. The fourth-order valence-electron chi connectivity index (χ4n) is 2.20. The number of aryl methyl sites for hydroxylation is 1. The van der Waals surface area contributed by atoms with Gasteiger partial charge in [-0.15, -0.1) is 0 Å². The number of rotatable bonds is 3. The lowest BCUT2D eigenvalue weighted by molar-refractivity contribution is -0.121. The Labute approximate surface area is 108 Å². The molecule has 1 aliphatic rings. The normalized spacial score (nSPS) is 18.1. The average molecular weight is 248 g/mol. The van der Waals surface area contributed by atoms with Crippen LogP contribution in [0.3, 0.4) is 0 Å². The van der Waals surface area contributed by atoms with Crippen LogP contribution in [0.25, 0.3) is 0 Å². The zero-order valence-electron chi connectivity index (χ0n) is 11.2. The molecular weight excluding hydrogens is 228 g/mol. The maximum Gasteiger partial charge on any atom is 0.225 e. The summed E-state index contributed by atoms with van der Waals surface area (Å²) in [4.78, 5) is 22.3. The van der Waals surface area contributed by atoms with Gasteiger partial charge in [-0.3, -0.25) is 4.79 Å². The summed E-state index contributed by atoms with van der Waals surface area (Å²) in [5, 5.41) is 3.04. The van der Waals surface area contributed by atoms with Gasteiger partial charge in [0.05, 0.1) is 11.7 Å². The van der Waals surface area contributed by atoms with Gasteiger partial charge in [0, 0.05) is 32.3 Å². The van der Waals surface area contributed by atoms with Crippen LogP contribution in [0.2, 0.25) is 0 Å². The Kier molecular flexibility index (Phi) is 3.79. The first-order chi connectivity index (χ1) is 8.61.